The number of carboxylic acids is 1. The molecule has 0 aromatic rings. The molecule has 5 nitrogen and oxygen atoms in total. The molecular weight excluding hydrogens is 256 g/mol. The van der Waals surface area contributed by atoms with Gasteiger partial charge in [0.25, 0.3) is 0 Å². The molecule has 1 aliphatic carbocycles. The molecule has 20 heavy (non-hydrogen) atoms. The Kier molecular flexibility index (Phi) is 5.02. The molecule has 0 aromatic heterocycles. The fourth-order valence-electron chi connectivity index (χ4n) is 3.67. The second kappa shape index (κ2) is 6.57. The van der Waals surface area contributed by atoms with Crippen LogP contribution in [0.2, 0.25) is 0 Å². The molecule has 1 heterocycles. The first-order valence-corrected chi connectivity index (χ1v) is 7.82. The zero-order valence-electron chi connectivity index (χ0n) is 12.5. The first kappa shape index (κ1) is 15.3. The molecule has 1 saturated heterocycles. The van der Waals surface area contributed by atoms with E-state index >= 15 is 0 Å². The van der Waals surface area contributed by atoms with Crippen LogP contribution in [0, 0.1) is 11.8 Å². The van der Waals surface area contributed by atoms with Gasteiger partial charge in [-0.2, -0.15) is 0 Å². The number of amides is 1. The van der Waals surface area contributed by atoms with E-state index in [1.807, 2.05) is 4.90 Å². The molecule has 1 saturated carbocycles. The van der Waals surface area contributed by atoms with E-state index in [-0.39, 0.29) is 17.7 Å². The predicted octanol–water partition coefficient (Wildman–Crippen LogP) is 1.43. The van der Waals surface area contributed by atoms with E-state index in [2.05, 4.69) is 18.7 Å². The summed E-state index contributed by atoms with van der Waals surface area (Å²) in [7, 11) is 0. The first-order valence-electron chi connectivity index (χ1n) is 7.82. The van der Waals surface area contributed by atoms with E-state index in [9.17, 15) is 9.59 Å². The topological polar surface area (TPSA) is 60.9 Å². The number of rotatable bonds is 5. The molecule has 3 atom stereocenters. The summed E-state index contributed by atoms with van der Waals surface area (Å²) >= 11 is 0. The minimum atomic E-state index is -0.747. The van der Waals surface area contributed by atoms with Crippen molar-refractivity contribution in [2.24, 2.45) is 11.8 Å². The van der Waals surface area contributed by atoms with Crippen LogP contribution in [0.25, 0.3) is 0 Å². The standard InChI is InChI=1S/C15H26N2O3/c1-3-16(4-2)13-7-8-17(10-13)14(18)11-5-6-12(9-11)15(19)20/h11-13H,3-10H2,1-2H3,(H,19,20)/t11-,12+,13?/m1/s1. The van der Waals surface area contributed by atoms with Crippen LogP contribution in [-0.4, -0.2) is 59.0 Å². The van der Waals surface area contributed by atoms with Crippen molar-refractivity contribution in [1.82, 2.24) is 9.80 Å². The smallest absolute Gasteiger partial charge is 0.306 e. The third-order valence-electron chi connectivity index (χ3n) is 4.93. The molecule has 1 amide bonds. The van der Waals surface area contributed by atoms with Crippen LogP contribution < -0.4 is 0 Å². The van der Waals surface area contributed by atoms with Gasteiger partial charge in [0.05, 0.1) is 5.92 Å². The van der Waals surface area contributed by atoms with E-state index in [1.54, 1.807) is 0 Å². The normalized spacial score (nSPS) is 30.1. The average Bonchev–Trinajstić information content (AvgIpc) is 3.09. The highest BCUT2D eigenvalue weighted by atomic mass is 16.4. The Balaban J connectivity index is 1.87. The van der Waals surface area contributed by atoms with Crippen LogP contribution in [-0.2, 0) is 9.59 Å². The van der Waals surface area contributed by atoms with Gasteiger partial charge in [0, 0.05) is 25.0 Å². The van der Waals surface area contributed by atoms with Crippen molar-refractivity contribution in [2.45, 2.75) is 45.6 Å². The molecule has 0 aromatic carbocycles. The molecule has 114 valence electrons. The van der Waals surface area contributed by atoms with Crippen molar-refractivity contribution in [3.8, 4) is 0 Å². The molecule has 2 aliphatic rings. The number of carbonyl (C=O) groups is 2. The number of nitrogens with zero attached hydrogens (tertiary/aromatic N) is 2. The molecule has 2 rings (SSSR count). The lowest BCUT2D eigenvalue weighted by Gasteiger charge is -2.26. The lowest BCUT2D eigenvalue weighted by Crippen LogP contribution is -2.40. The molecule has 1 N–H and O–H groups in total. The molecule has 0 radical (unpaired) electrons. The fraction of sp³-hybridized carbons (Fsp3) is 0.867. The highest BCUT2D eigenvalue weighted by Gasteiger charge is 2.38. The summed E-state index contributed by atoms with van der Waals surface area (Å²) in [6.45, 7) is 8.00. The van der Waals surface area contributed by atoms with Crippen molar-refractivity contribution in [3.05, 3.63) is 0 Å². The van der Waals surface area contributed by atoms with E-state index in [1.165, 1.54) is 0 Å². The number of carboxylic acid groups (broad SMARTS) is 1. The zero-order chi connectivity index (χ0) is 14.7. The summed E-state index contributed by atoms with van der Waals surface area (Å²) in [5.74, 6) is -0.942. The van der Waals surface area contributed by atoms with Gasteiger partial charge < -0.3 is 10.0 Å². The molecule has 1 unspecified atom stereocenters. The summed E-state index contributed by atoms with van der Waals surface area (Å²) in [5, 5.41) is 9.03. The minimum absolute atomic E-state index is 0.0634. The van der Waals surface area contributed by atoms with Crippen molar-refractivity contribution in [2.75, 3.05) is 26.2 Å². The molecule has 0 bridgehead atoms. The van der Waals surface area contributed by atoms with Crippen molar-refractivity contribution < 1.29 is 14.7 Å². The zero-order valence-corrected chi connectivity index (χ0v) is 12.5. The van der Waals surface area contributed by atoms with Gasteiger partial charge in [0.15, 0.2) is 0 Å². The summed E-state index contributed by atoms with van der Waals surface area (Å²) in [6, 6.07) is 0.477. The van der Waals surface area contributed by atoms with Crippen molar-refractivity contribution in [1.29, 1.82) is 0 Å². The van der Waals surface area contributed by atoms with Gasteiger partial charge in [-0.25, -0.2) is 0 Å². The largest absolute Gasteiger partial charge is 0.481 e. The molecule has 2 fully saturated rings. The Morgan fingerprint density at radius 3 is 2.35 bits per heavy atom. The lowest BCUT2D eigenvalue weighted by atomic mass is 10.0. The Morgan fingerprint density at radius 1 is 1.15 bits per heavy atom. The van der Waals surface area contributed by atoms with Gasteiger partial charge >= 0.3 is 5.97 Å². The highest BCUT2D eigenvalue weighted by molar-refractivity contribution is 5.81. The Morgan fingerprint density at radius 2 is 1.80 bits per heavy atom. The summed E-state index contributed by atoms with van der Waals surface area (Å²) < 4.78 is 0. The molecular formula is C15H26N2O3. The summed E-state index contributed by atoms with van der Waals surface area (Å²) in [5.41, 5.74) is 0. The van der Waals surface area contributed by atoms with Gasteiger partial charge in [-0.15, -0.1) is 0 Å². The second-order valence-electron chi connectivity index (χ2n) is 5.99. The second-order valence-corrected chi connectivity index (χ2v) is 5.99. The molecule has 1 aliphatic heterocycles. The van der Waals surface area contributed by atoms with Gasteiger partial charge in [0.1, 0.15) is 0 Å². The van der Waals surface area contributed by atoms with E-state index in [4.69, 9.17) is 5.11 Å². The Hall–Kier alpha value is -1.10. The van der Waals surface area contributed by atoms with Crippen LogP contribution >= 0.6 is 0 Å². The number of hydrogen-bond donors (Lipinski definition) is 1. The Bertz CT molecular complexity index is 368. The third-order valence-corrected chi connectivity index (χ3v) is 4.93. The van der Waals surface area contributed by atoms with Gasteiger partial charge in [-0.1, -0.05) is 13.8 Å². The maximum Gasteiger partial charge on any atom is 0.306 e. The fourth-order valence-corrected chi connectivity index (χ4v) is 3.67. The van der Waals surface area contributed by atoms with Gasteiger partial charge in [0.2, 0.25) is 5.91 Å². The minimum Gasteiger partial charge on any atom is -0.481 e. The van der Waals surface area contributed by atoms with Crippen LogP contribution in [0.5, 0.6) is 0 Å². The maximum atomic E-state index is 12.5. The van der Waals surface area contributed by atoms with Crippen LogP contribution in [0.15, 0.2) is 0 Å². The summed E-state index contributed by atoms with van der Waals surface area (Å²) in [4.78, 5) is 27.8. The Labute approximate surface area is 120 Å². The van der Waals surface area contributed by atoms with Gasteiger partial charge in [-0.05, 0) is 38.8 Å². The number of carbonyl (C=O) groups excluding carboxylic acids is 1. The summed E-state index contributed by atoms with van der Waals surface area (Å²) in [6.07, 6.45) is 2.96. The SMILES string of the molecule is CCN(CC)C1CCN(C(=O)[C@@H]2CC[C@H](C(=O)O)C2)C1. The van der Waals surface area contributed by atoms with E-state index in [0.717, 1.165) is 39.0 Å². The van der Waals surface area contributed by atoms with Crippen molar-refractivity contribution >= 4 is 11.9 Å². The maximum absolute atomic E-state index is 12.5. The molecule has 5 heteroatoms. The monoisotopic (exact) mass is 282 g/mol. The van der Waals surface area contributed by atoms with Crippen molar-refractivity contribution in [3.63, 3.8) is 0 Å². The quantitative estimate of drug-likeness (QED) is 0.828. The average molecular weight is 282 g/mol. The van der Waals surface area contributed by atoms with Gasteiger partial charge in [-0.3, -0.25) is 14.5 Å². The highest BCUT2D eigenvalue weighted by Crippen LogP contribution is 2.33. The number of aliphatic carboxylic acids is 1. The van der Waals surface area contributed by atoms with E-state index in [0.29, 0.717) is 18.9 Å². The number of hydrogen-bond acceptors (Lipinski definition) is 3. The lowest BCUT2D eigenvalue weighted by molar-refractivity contribution is -0.141. The number of likely N-dealkylation sites (N-methyl/N-ethyl adjacent to an activating group) is 1. The van der Waals surface area contributed by atoms with Crippen LogP contribution in [0.3, 0.4) is 0 Å². The number of likely N-dealkylation sites (tertiary alicyclic amines) is 1. The third kappa shape index (κ3) is 3.14. The van der Waals surface area contributed by atoms with Crippen LogP contribution in [0.4, 0.5) is 0 Å². The first-order chi connectivity index (χ1) is 9.56. The predicted molar refractivity (Wildman–Crippen MR) is 76.4 cm³/mol. The van der Waals surface area contributed by atoms with E-state index < -0.39 is 5.97 Å². The van der Waals surface area contributed by atoms with Crippen LogP contribution in [0.1, 0.15) is 39.5 Å². The molecule has 0 spiro atoms.